The van der Waals surface area contributed by atoms with Gasteiger partial charge < -0.3 is 9.64 Å². The molecule has 0 saturated heterocycles. The Morgan fingerprint density at radius 1 is 1.22 bits per heavy atom. The van der Waals surface area contributed by atoms with E-state index in [1.807, 2.05) is 6.07 Å². The van der Waals surface area contributed by atoms with Gasteiger partial charge in [0.15, 0.2) is 6.61 Å². The monoisotopic (exact) mass is 315 g/mol. The second kappa shape index (κ2) is 6.54. The lowest BCUT2D eigenvalue weighted by Gasteiger charge is -2.29. The summed E-state index contributed by atoms with van der Waals surface area (Å²) in [6.07, 6.45) is 4.86. The highest BCUT2D eigenvalue weighted by Crippen LogP contribution is 2.39. The van der Waals surface area contributed by atoms with Crippen LogP contribution in [0.4, 0.5) is 0 Å². The molecule has 3 rings (SSSR count). The molecule has 0 aliphatic heterocycles. The van der Waals surface area contributed by atoms with E-state index in [-0.39, 0.29) is 12.5 Å². The SMILES string of the molecule is Cc1ccc(C(C)C)c(OCC(=O)N(C2CC2)C(C)C2CC2)c1. The summed E-state index contributed by atoms with van der Waals surface area (Å²) < 4.78 is 5.96. The number of ether oxygens (including phenoxy) is 1. The fraction of sp³-hybridized carbons (Fsp3) is 0.650. The van der Waals surface area contributed by atoms with E-state index >= 15 is 0 Å². The largest absolute Gasteiger partial charge is 0.483 e. The minimum absolute atomic E-state index is 0.156. The third kappa shape index (κ3) is 3.88. The molecule has 126 valence electrons. The van der Waals surface area contributed by atoms with E-state index in [4.69, 9.17) is 4.74 Å². The van der Waals surface area contributed by atoms with Crippen LogP contribution in [0.3, 0.4) is 0 Å². The number of amides is 1. The molecule has 1 aromatic rings. The topological polar surface area (TPSA) is 29.5 Å². The average Bonchev–Trinajstić information content (AvgIpc) is 3.37. The molecule has 0 bridgehead atoms. The van der Waals surface area contributed by atoms with Gasteiger partial charge in [-0.1, -0.05) is 26.0 Å². The number of nitrogens with zero attached hydrogens (tertiary/aromatic N) is 1. The van der Waals surface area contributed by atoms with Gasteiger partial charge in [-0.15, -0.1) is 0 Å². The third-order valence-electron chi connectivity index (χ3n) is 5.11. The minimum atomic E-state index is 0.156. The van der Waals surface area contributed by atoms with Gasteiger partial charge in [0.05, 0.1) is 0 Å². The number of hydrogen-bond donors (Lipinski definition) is 0. The van der Waals surface area contributed by atoms with Gasteiger partial charge in [0.2, 0.25) is 0 Å². The second-order valence-corrected chi connectivity index (χ2v) is 7.59. The molecule has 2 aliphatic carbocycles. The molecule has 2 saturated carbocycles. The fourth-order valence-corrected chi connectivity index (χ4v) is 3.38. The van der Waals surface area contributed by atoms with Crippen LogP contribution < -0.4 is 4.74 Å². The first-order chi connectivity index (χ1) is 11.0. The van der Waals surface area contributed by atoms with Crippen molar-refractivity contribution in [3.8, 4) is 5.75 Å². The molecule has 1 unspecified atom stereocenters. The van der Waals surface area contributed by atoms with Crippen molar-refractivity contribution in [2.75, 3.05) is 6.61 Å². The summed E-state index contributed by atoms with van der Waals surface area (Å²) in [5.74, 6) is 2.13. The normalized spacial score (nSPS) is 18.8. The number of benzene rings is 1. The summed E-state index contributed by atoms with van der Waals surface area (Å²) in [6.45, 7) is 8.75. The smallest absolute Gasteiger partial charge is 0.261 e. The molecule has 3 heteroatoms. The van der Waals surface area contributed by atoms with Crippen LogP contribution in [0, 0.1) is 12.8 Å². The number of hydrogen-bond acceptors (Lipinski definition) is 2. The summed E-state index contributed by atoms with van der Waals surface area (Å²) in [7, 11) is 0. The summed E-state index contributed by atoms with van der Waals surface area (Å²) in [5.41, 5.74) is 2.35. The van der Waals surface area contributed by atoms with Gasteiger partial charge in [0, 0.05) is 12.1 Å². The van der Waals surface area contributed by atoms with Gasteiger partial charge in [0.25, 0.3) is 5.91 Å². The Bertz CT molecular complexity index is 573. The predicted molar refractivity (Wildman–Crippen MR) is 92.8 cm³/mol. The molecule has 1 amide bonds. The van der Waals surface area contributed by atoms with Crippen LogP contribution >= 0.6 is 0 Å². The average molecular weight is 315 g/mol. The van der Waals surface area contributed by atoms with Crippen LogP contribution in [0.5, 0.6) is 5.75 Å². The predicted octanol–water partition coefficient (Wildman–Crippen LogP) is 4.29. The molecular weight excluding hydrogens is 286 g/mol. The lowest BCUT2D eigenvalue weighted by Crippen LogP contribution is -2.44. The van der Waals surface area contributed by atoms with Crippen molar-refractivity contribution in [1.82, 2.24) is 4.90 Å². The maximum Gasteiger partial charge on any atom is 0.261 e. The Morgan fingerprint density at radius 3 is 2.48 bits per heavy atom. The van der Waals surface area contributed by atoms with Crippen LogP contribution in [0.1, 0.15) is 63.5 Å². The summed E-state index contributed by atoms with van der Waals surface area (Å²) >= 11 is 0. The van der Waals surface area contributed by atoms with Crippen molar-refractivity contribution in [1.29, 1.82) is 0 Å². The number of carbonyl (C=O) groups excluding carboxylic acids is 1. The minimum Gasteiger partial charge on any atom is -0.483 e. The van der Waals surface area contributed by atoms with Crippen molar-refractivity contribution < 1.29 is 9.53 Å². The van der Waals surface area contributed by atoms with E-state index in [0.29, 0.717) is 23.9 Å². The zero-order chi connectivity index (χ0) is 16.6. The van der Waals surface area contributed by atoms with E-state index in [2.05, 4.69) is 44.7 Å². The molecule has 0 spiro atoms. The lowest BCUT2D eigenvalue weighted by atomic mass is 10.0. The van der Waals surface area contributed by atoms with Crippen LogP contribution in [-0.4, -0.2) is 29.5 Å². The molecule has 2 fully saturated rings. The van der Waals surface area contributed by atoms with Gasteiger partial charge in [0.1, 0.15) is 5.75 Å². The zero-order valence-corrected chi connectivity index (χ0v) is 14.8. The van der Waals surface area contributed by atoms with Gasteiger partial charge in [-0.25, -0.2) is 0 Å². The Kier molecular flexibility index (Phi) is 4.65. The van der Waals surface area contributed by atoms with Crippen molar-refractivity contribution in [2.45, 2.75) is 71.4 Å². The third-order valence-corrected chi connectivity index (χ3v) is 5.11. The Morgan fingerprint density at radius 2 is 1.91 bits per heavy atom. The van der Waals surface area contributed by atoms with Crippen molar-refractivity contribution in [3.63, 3.8) is 0 Å². The highest BCUT2D eigenvalue weighted by molar-refractivity contribution is 5.79. The molecule has 2 aliphatic rings. The lowest BCUT2D eigenvalue weighted by molar-refractivity contribution is -0.136. The summed E-state index contributed by atoms with van der Waals surface area (Å²) in [6, 6.07) is 7.11. The zero-order valence-electron chi connectivity index (χ0n) is 14.8. The number of rotatable bonds is 7. The first-order valence-electron chi connectivity index (χ1n) is 9.02. The summed E-state index contributed by atoms with van der Waals surface area (Å²) in [5, 5.41) is 0. The van der Waals surface area contributed by atoms with E-state index in [0.717, 1.165) is 18.6 Å². The maximum atomic E-state index is 12.7. The van der Waals surface area contributed by atoms with Crippen LogP contribution in [0.15, 0.2) is 18.2 Å². The Hall–Kier alpha value is -1.51. The maximum absolute atomic E-state index is 12.7. The summed E-state index contributed by atoms with van der Waals surface area (Å²) in [4.78, 5) is 14.9. The van der Waals surface area contributed by atoms with E-state index in [1.165, 1.54) is 24.0 Å². The highest BCUT2D eigenvalue weighted by Gasteiger charge is 2.41. The first kappa shape index (κ1) is 16.4. The molecule has 0 heterocycles. The van der Waals surface area contributed by atoms with Crippen molar-refractivity contribution >= 4 is 5.91 Å². The van der Waals surface area contributed by atoms with Gasteiger partial charge >= 0.3 is 0 Å². The first-order valence-corrected chi connectivity index (χ1v) is 9.02. The van der Waals surface area contributed by atoms with Crippen molar-refractivity contribution in [2.24, 2.45) is 5.92 Å². The number of aryl methyl sites for hydroxylation is 1. The molecular formula is C20H29NO2. The molecule has 0 radical (unpaired) electrons. The second-order valence-electron chi connectivity index (χ2n) is 7.59. The Balaban J connectivity index is 1.67. The van der Waals surface area contributed by atoms with E-state index < -0.39 is 0 Å². The molecule has 0 aromatic heterocycles. The van der Waals surface area contributed by atoms with Crippen LogP contribution in [0.25, 0.3) is 0 Å². The molecule has 1 aromatic carbocycles. The fourth-order valence-electron chi connectivity index (χ4n) is 3.38. The van der Waals surface area contributed by atoms with Crippen LogP contribution in [0.2, 0.25) is 0 Å². The molecule has 3 nitrogen and oxygen atoms in total. The van der Waals surface area contributed by atoms with E-state index in [1.54, 1.807) is 0 Å². The van der Waals surface area contributed by atoms with Gasteiger partial charge in [-0.2, -0.15) is 0 Å². The highest BCUT2D eigenvalue weighted by atomic mass is 16.5. The standard InChI is InChI=1S/C20H29NO2/c1-13(2)18-10-5-14(3)11-19(18)23-12-20(22)21(17-8-9-17)15(4)16-6-7-16/h5,10-11,13,15-17H,6-9,12H2,1-4H3. The molecule has 23 heavy (non-hydrogen) atoms. The van der Waals surface area contributed by atoms with Gasteiger partial charge in [-0.05, 0) is 68.6 Å². The quantitative estimate of drug-likeness (QED) is 0.751. The molecule has 1 atom stereocenters. The van der Waals surface area contributed by atoms with E-state index in [9.17, 15) is 4.79 Å². The van der Waals surface area contributed by atoms with Crippen molar-refractivity contribution in [3.05, 3.63) is 29.3 Å². The van der Waals surface area contributed by atoms with Gasteiger partial charge in [-0.3, -0.25) is 4.79 Å². The number of carbonyl (C=O) groups is 1. The molecule has 0 N–H and O–H groups in total. The van der Waals surface area contributed by atoms with Crippen LogP contribution in [-0.2, 0) is 4.79 Å². The Labute approximate surface area is 140 Å².